The molecule has 1 N–H and O–H groups in total. The molecule has 0 saturated heterocycles. The maximum absolute atomic E-state index is 10.9. The van der Waals surface area contributed by atoms with Crippen LogP contribution >= 0.6 is 0 Å². The Morgan fingerprint density at radius 2 is 1.41 bits per heavy atom. The molecule has 0 radical (unpaired) electrons. The quantitative estimate of drug-likeness (QED) is 0.682. The van der Waals surface area contributed by atoms with Crippen LogP contribution in [-0.2, 0) is 4.79 Å². The Morgan fingerprint density at radius 3 is 1.71 bits per heavy atom. The Bertz CT molecular complexity index is 142. The predicted octanol–water partition coefficient (Wildman–Crippen LogP) is 4.95. The molecule has 0 aromatic rings. The molecule has 2 nitrogen and oxygen atoms in total. The second-order valence-corrected chi connectivity index (χ2v) is 2.63. The van der Waals surface area contributed by atoms with E-state index in [-0.39, 0.29) is 5.91 Å². The molecule has 0 aromatic heterocycles. The Kier molecular flexibility index (Phi) is 43.6. The summed E-state index contributed by atoms with van der Waals surface area (Å²) >= 11 is 0. The van der Waals surface area contributed by atoms with Crippen molar-refractivity contribution < 1.29 is 4.79 Å². The zero-order valence-corrected chi connectivity index (χ0v) is 13.4. The summed E-state index contributed by atoms with van der Waals surface area (Å²) in [6.07, 6.45) is 2.47. The Balaban J connectivity index is -0.000000121. The van der Waals surface area contributed by atoms with Gasteiger partial charge in [0.05, 0.1) is 0 Å². The molecule has 0 bridgehead atoms. The molecule has 0 aliphatic carbocycles. The molecule has 1 amide bonds. The number of nitrogens with one attached hydrogen (secondary N) is 1. The molecule has 0 aromatic carbocycles. The number of carbonyl (C=O) groups excluding carboxylic acids is 1. The van der Waals surface area contributed by atoms with Crippen LogP contribution < -0.4 is 5.32 Å². The van der Waals surface area contributed by atoms with Crippen LogP contribution in [0.4, 0.5) is 0 Å². The van der Waals surface area contributed by atoms with Crippen molar-refractivity contribution in [2.24, 2.45) is 0 Å². The summed E-state index contributed by atoms with van der Waals surface area (Å²) in [5.41, 5.74) is 1.08. The fraction of sp³-hybridized carbons (Fsp3) is 0.800. The fourth-order valence-corrected chi connectivity index (χ4v) is 0.664. The molecule has 106 valence electrons. The summed E-state index contributed by atoms with van der Waals surface area (Å²) < 4.78 is 0. The zero-order valence-electron chi connectivity index (χ0n) is 13.4. The van der Waals surface area contributed by atoms with Crippen LogP contribution in [0.15, 0.2) is 12.2 Å². The molecule has 0 aliphatic heterocycles. The average Bonchev–Trinajstić information content (AvgIpc) is 2.43. The summed E-state index contributed by atoms with van der Waals surface area (Å²) in [6, 6.07) is 0. The van der Waals surface area contributed by atoms with Crippen LogP contribution in [0.3, 0.4) is 0 Å². The van der Waals surface area contributed by atoms with Crippen molar-refractivity contribution in [1.82, 2.24) is 5.32 Å². The first-order chi connectivity index (χ1) is 8.20. The van der Waals surface area contributed by atoms with E-state index in [9.17, 15) is 4.79 Å². The summed E-state index contributed by atoms with van der Waals surface area (Å²) in [7, 11) is 0. The first-order valence-corrected chi connectivity index (χ1v) is 7.14. The molecule has 2 heteroatoms. The lowest BCUT2D eigenvalue weighted by Gasteiger charge is -2.04. The van der Waals surface area contributed by atoms with Crippen LogP contribution in [0.25, 0.3) is 0 Å². The molecule has 0 aliphatic rings. The van der Waals surface area contributed by atoms with Crippen molar-refractivity contribution in [2.75, 3.05) is 6.54 Å². The van der Waals surface area contributed by atoms with Crippen molar-refractivity contribution in [3.8, 4) is 0 Å². The lowest BCUT2D eigenvalue weighted by atomic mass is 10.2. The van der Waals surface area contributed by atoms with Crippen molar-refractivity contribution in [3.63, 3.8) is 0 Å². The van der Waals surface area contributed by atoms with E-state index in [0.717, 1.165) is 18.4 Å². The van der Waals surface area contributed by atoms with Gasteiger partial charge in [0.2, 0.25) is 5.91 Å². The molecule has 0 unspecified atom stereocenters. The van der Waals surface area contributed by atoms with Crippen LogP contribution in [0.5, 0.6) is 0 Å². The van der Waals surface area contributed by atoms with Gasteiger partial charge in [-0.3, -0.25) is 4.79 Å². The van der Waals surface area contributed by atoms with E-state index in [1.54, 1.807) is 0 Å². The maximum Gasteiger partial charge on any atom is 0.220 e. The SMILES string of the molecule is C=C(CC)CNC(=O)CCC.CC.CC.CC. The summed E-state index contributed by atoms with van der Waals surface area (Å²) in [6.45, 7) is 20.5. The second kappa shape index (κ2) is 29.5. The highest BCUT2D eigenvalue weighted by atomic mass is 16.1. The first-order valence-electron chi connectivity index (χ1n) is 7.14. The zero-order chi connectivity index (χ0) is 14.7. The van der Waals surface area contributed by atoms with Gasteiger partial charge in [-0.05, 0) is 12.8 Å². The van der Waals surface area contributed by atoms with Gasteiger partial charge in [-0.15, -0.1) is 0 Å². The normalized spacial score (nSPS) is 7.06. The third-order valence-corrected chi connectivity index (χ3v) is 1.51. The number of hydrogen-bond acceptors (Lipinski definition) is 1. The van der Waals surface area contributed by atoms with Crippen LogP contribution in [-0.4, -0.2) is 12.5 Å². The maximum atomic E-state index is 10.9. The van der Waals surface area contributed by atoms with Gasteiger partial charge in [0, 0.05) is 13.0 Å². The standard InChI is InChI=1S/C9H17NO.3C2H6/c1-4-6-9(11)10-7-8(3)5-2;3*1-2/h3-7H2,1-2H3,(H,10,11);3*1-2H3. The van der Waals surface area contributed by atoms with Crippen molar-refractivity contribution in [2.45, 2.75) is 74.7 Å². The molecule has 0 rings (SSSR count). The van der Waals surface area contributed by atoms with Gasteiger partial charge in [-0.1, -0.05) is 67.5 Å². The van der Waals surface area contributed by atoms with E-state index in [2.05, 4.69) is 11.9 Å². The molecular formula is C15H35NO. The highest BCUT2D eigenvalue weighted by Crippen LogP contribution is 1.93. The van der Waals surface area contributed by atoms with Gasteiger partial charge in [0.25, 0.3) is 0 Å². The van der Waals surface area contributed by atoms with Gasteiger partial charge in [-0.25, -0.2) is 0 Å². The van der Waals surface area contributed by atoms with Crippen molar-refractivity contribution in [3.05, 3.63) is 12.2 Å². The number of amides is 1. The summed E-state index contributed by atoms with van der Waals surface area (Å²) in [4.78, 5) is 10.9. The smallest absolute Gasteiger partial charge is 0.220 e. The molecular weight excluding hydrogens is 210 g/mol. The minimum Gasteiger partial charge on any atom is -0.352 e. The van der Waals surface area contributed by atoms with Crippen LogP contribution in [0.2, 0.25) is 0 Å². The fourth-order valence-electron chi connectivity index (χ4n) is 0.664. The highest BCUT2D eigenvalue weighted by Gasteiger charge is 1.97. The van der Waals surface area contributed by atoms with Gasteiger partial charge in [0.1, 0.15) is 0 Å². The molecule has 0 spiro atoms. The van der Waals surface area contributed by atoms with Crippen molar-refractivity contribution >= 4 is 5.91 Å². The Hall–Kier alpha value is -0.790. The minimum absolute atomic E-state index is 0.127. The van der Waals surface area contributed by atoms with E-state index in [4.69, 9.17) is 0 Å². The Morgan fingerprint density at radius 1 is 1.00 bits per heavy atom. The third kappa shape index (κ3) is 31.3. The summed E-state index contributed by atoms with van der Waals surface area (Å²) in [5.74, 6) is 0.127. The predicted molar refractivity (Wildman–Crippen MR) is 81.4 cm³/mol. The molecule has 0 atom stereocenters. The van der Waals surface area contributed by atoms with E-state index < -0.39 is 0 Å². The molecule has 0 heterocycles. The van der Waals surface area contributed by atoms with E-state index in [1.165, 1.54) is 0 Å². The van der Waals surface area contributed by atoms with E-state index in [0.29, 0.717) is 13.0 Å². The number of hydrogen-bond donors (Lipinski definition) is 1. The van der Waals surface area contributed by atoms with Crippen molar-refractivity contribution in [1.29, 1.82) is 0 Å². The lowest BCUT2D eigenvalue weighted by molar-refractivity contribution is -0.120. The minimum atomic E-state index is 0.127. The molecule has 0 fully saturated rings. The van der Waals surface area contributed by atoms with Crippen LogP contribution in [0, 0.1) is 0 Å². The topological polar surface area (TPSA) is 29.1 Å². The largest absolute Gasteiger partial charge is 0.352 e. The van der Waals surface area contributed by atoms with E-state index in [1.807, 2.05) is 55.4 Å². The first kappa shape index (κ1) is 25.2. The van der Waals surface area contributed by atoms with Crippen LogP contribution in [0.1, 0.15) is 74.7 Å². The lowest BCUT2D eigenvalue weighted by Crippen LogP contribution is -2.24. The average molecular weight is 245 g/mol. The highest BCUT2D eigenvalue weighted by molar-refractivity contribution is 5.75. The van der Waals surface area contributed by atoms with Gasteiger partial charge >= 0.3 is 0 Å². The molecule has 17 heavy (non-hydrogen) atoms. The monoisotopic (exact) mass is 245 g/mol. The second-order valence-electron chi connectivity index (χ2n) is 2.63. The number of rotatable bonds is 5. The van der Waals surface area contributed by atoms with E-state index >= 15 is 0 Å². The Labute approximate surface area is 110 Å². The third-order valence-electron chi connectivity index (χ3n) is 1.51. The summed E-state index contributed by atoms with van der Waals surface area (Å²) in [5, 5.41) is 2.80. The van der Waals surface area contributed by atoms with Gasteiger partial charge in [-0.2, -0.15) is 0 Å². The van der Waals surface area contributed by atoms with Gasteiger partial charge < -0.3 is 5.32 Å². The molecule has 0 saturated carbocycles. The van der Waals surface area contributed by atoms with Gasteiger partial charge in [0.15, 0.2) is 0 Å². The number of carbonyl (C=O) groups is 1.